The number of hydrogen-bond donors (Lipinski definition) is 1. The van der Waals surface area contributed by atoms with Crippen molar-refractivity contribution in [3.8, 4) is 0 Å². The second-order valence-electron chi connectivity index (χ2n) is 5.20. The summed E-state index contributed by atoms with van der Waals surface area (Å²) in [6, 6.07) is 0.515. The molecule has 3 rings (SSSR count). The number of rotatable bonds is 3. The molecule has 2 heterocycles. The molecule has 1 aliphatic rings. The predicted molar refractivity (Wildman–Crippen MR) is 83.4 cm³/mol. The first-order chi connectivity index (χ1) is 9.13. The van der Waals surface area contributed by atoms with Gasteiger partial charge >= 0.3 is 0 Å². The van der Waals surface area contributed by atoms with Crippen molar-refractivity contribution in [1.82, 2.24) is 19.3 Å². The standard InChI is InChI=1S/C13H20N4S2/c1-4-19-10-7-5-6-9(10)17-12-11(14-13(17)18)8(2)15-16(12)3/h9-10H,4-7H2,1-3H3,(H,14,18). The van der Waals surface area contributed by atoms with E-state index in [0.29, 0.717) is 11.3 Å². The van der Waals surface area contributed by atoms with E-state index in [1.165, 1.54) is 25.0 Å². The average molecular weight is 296 g/mol. The van der Waals surface area contributed by atoms with Crippen molar-refractivity contribution in [2.75, 3.05) is 5.75 Å². The summed E-state index contributed by atoms with van der Waals surface area (Å²) >= 11 is 7.62. The summed E-state index contributed by atoms with van der Waals surface area (Å²) in [4.78, 5) is 3.34. The molecule has 2 atom stereocenters. The maximum Gasteiger partial charge on any atom is 0.179 e. The first-order valence-corrected chi connectivity index (χ1v) is 8.34. The summed E-state index contributed by atoms with van der Waals surface area (Å²) in [6.07, 6.45) is 3.82. The molecule has 2 unspecified atom stereocenters. The van der Waals surface area contributed by atoms with Crippen LogP contribution in [0.3, 0.4) is 0 Å². The molecule has 1 saturated carbocycles. The van der Waals surface area contributed by atoms with Crippen LogP contribution in [0.25, 0.3) is 11.2 Å². The number of aryl methyl sites for hydroxylation is 2. The summed E-state index contributed by atoms with van der Waals surface area (Å²) in [5.74, 6) is 1.17. The molecule has 2 aromatic rings. The lowest BCUT2D eigenvalue weighted by molar-refractivity contribution is 0.523. The Labute approximate surface area is 122 Å². The fraction of sp³-hybridized carbons (Fsp3) is 0.692. The molecular formula is C13H20N4S2. The Hall–Kier alpha value is -0.750. The molecule has 0 aliphatic heterocycles. The maximum absolute atomic E-state index is 5.56. The van der Waals surface area contributed by atoms with Crippen molar-refractivity contribution >= 4 is 35.1 Å². The van der Waals surface area contributed by atoms with Crippen LogP contribution in [0.5, 0.6) is 0 Å². The SMILES string of the molecule is CCSC1CCCC1n1c(=S)[nH]c2c(C)nn(C)c21. The molecule has 1 aliphatic carbocycles. The average Bonchev–Trinajstić information content (AvgIpc) is 2.99. The van der Waals surface area contributed by atoms with E-state index in [1.807, 2.05) is 18.7 Å². The highest BCUT2D eigenvalue weighted by molar-refractivity contribution is 7.99. The molecular weight excluding hydrogens is 276 g/mol. The zero-order valence-corrected chi connectivity index (χ0v) is 13.3. The molecule has 2 aromatic heterocycles. The van der Waals surface area contributed by atoms with Gasteiger partial charge in [0.1, 0.15) is 5.52 Å². The Kier molecular flexibility index (Phi) is 3.47. The molecule has 1 N–H and O–H groups in total. The number of fused-ring (bicyclic) bond motifs is 1. The number of aromatic amines is 1. The van der Waals surface area contributed by atoms with Crippen molar-refractivity contribution in [3.05, 3.63) is 10.5 Å². The van der Waals surface area contributed by atoms with Crippen LogP contribution in [0.4, 0.5) is 0 Å². The van der Waals surface area contributed by atoms with Crippen molar-refractivity contribution in [2.24, 2.45) is 7.05 Å². The van der Waals surface area contributed by atoms with Gasteiger partial charge < -0.3 is 4.98 Å². The lowest BCUT2D eigenvalue weighted by Crippen LogP contribution is -2.17. The van der Waals surface area contributed by atoms with Crippen LogP contribution in [-0.2, 0) is 7.05 Å². The lowest BCUT2D eigenvalue weighted by Gasteiger charge is -2.20. The minimum Gasteiger partial charge on any atom is -0.328 e. The Balaban J connectivity index is 2.14. The van der Waals surface area contributed by atoms with Gasteiger partial charge in [0.05, 0.1) is 5.69 Å². The van der Waals surface area contributed by atoms with Crippen LogP contribution in [0.2, 0.25) is 0 Å². The Morgan fingerprint density at radius 1 is 1.47 bits per heavy atom. The third-order valence-corrected chi connectivity index (χ3v) is 5.61. The number of H-pyrrole nitrogens is 1. The smallest absolute Gasteiger partial charge is 0.179 e. The highest BCUT2D eigenvalue weighted by Gasteiger charge is 2.31. The van der Waals surface area contributed by atoms with Crippen molar-refractivity contribution in [1.29, 1.82) is 0 Å². The van der Waals surface area contributed by atoms with E-state index in [-0.39, 0.29) is 0 Å². The van der Waals surface area contributed by atoms with E-state index in [4.69, 9.17) is 12.2 Å². The number of imidazole rings is 1. The molecule has 0 spiro atoms. The molecule has 0 bridgehead atoms. The van der Waals surface area contributed by atoms with Gasteiger partial charge in [-0.2, -0.15) is 16.9 Å². The minimum absolute atomic E-state index is 0.515. The topological polar surface area (TPSA) is 38.5 Å². The molecule has 1 fully saturated rings. The van der Waals surface area contributed by atoms with Gasteiger partial charge in [0.2, 0.25) is 0 Å². The van der Waals surface area contributed by atoms with Crippen molar-refractivity contribution in [3.63, 3.8) is 0 Å². The Morgan fingerprint density at radius 3 is 3.00 bits per heavy atom. The van der Waals surface area contributed by atoms with E-state index in [0.717, 1.165) is 21.6 Å². The van der Waals surface area contributed by atoms with Crippen molar-refractivity contribution < 1.29 is 0 Å². The molecule has 104 valence electrons. The number of hydrogen-bond acceptors (Lipinski definition) is 3. The lowest BCUT2D eigenvalue weighted by atomic mass is 10.2. The van der Waals surface area contributed by atoms with Crippen LogP contribution in [-0.4, -0.2) is 30.3 Å². The minimum atomic E-state index is 0.515. The van der Waals surface area contributed by atoms with Crippen molar-refractivity contribution in [2.45, 2.75) is 44.4 Å². The molecule has 0 aromatic carbocycles. The van der Waals surface area contributed by atoms with E-state index in [1.54, 1.807) is 0 Å². The molecule has 0 amide bonds. The highest BCUT2D eigenvalue weighted by atomic mass is 32.2. The summed E-state index contributed by atoms with van der Waals surface area (Å²) < 4.78 is 5.12. The summed E-state index contributed by atoms with van der Waals surface area (Å²) in [7, 11) is 2.01. The monoisotopic (exact) mass is 296 g/mol. The van der Waals surface area contributed by atoms with Gasteiger partial charge in [0.15, 0.2) is 10.4 Å². The Morgan fingerprint density at radius 2 is 2.26 bits per heavy atom. The van der Waals surface area contributed by atoms with Gasteiger partial charge in [0, 0.05) is 18.3 Å². The summed E-state index contributed by atoms with van der Waals surface area (Å²) in [5, 5.41) is 5.19. The van der Waals surface area contributed by atoms with E-state index in [9.17, 15) is 0 Å². The van der Waals surface area contributed by atoms with Crippen LogP contribution >= 0.6 is 24.0 Å². The van der Waals surface area contributed by atoms with E-state index >= 15 is 0 Å². The van der Waals surface area contributed by atoms with E-state index < -0.39 is 0 Å². The van der Waals surface area contributed by atoms with Crippen LogP contribution in [0.1, 0.15) is 37.9 Å². The zero-order valence-electron chi connectivity index (χ0n) is 11.6. The predicted octanol–water partition coefficient (Wildman–Crippen LogP) is 3.59. The molecule has 0 saturated heterocycles. The second kappa shape index (κ2) is 4.98. The van der Waals surface area contributed by atoms with Crippen LogP contribution in [0, 0.1) is 11.7 Å². The van der Waals surface area contributed by atoms with Gasteiger partial charge in [0.25, 0.3) is 0 Å². The van der Waals surface area contributed by atoms with Gasteiger partial charge in [-0.15, -0.1) is 0 Å². The fourth-order valence-electron chi connectivity index (χ4n) is 3.25. The summed E-state index contributed by atoms with van der Waals surface area (Å²) in [5.41, 5.74) is 3.27. The molecule has 4 nitrogen and oxygen atoms in total. The van der Waals surface area contributed by atoms with Gasteiger partial charge in [-0.1, -0.05) is 13.3 Å². The number of nitrogens with zero attached hydrogens (tertiary/aromatic N) is 3. The van der Waals surface area contributed by atoms with Crippen LogP contribution < -0.4 is 0 Å². The summed E-state index contributed by atoms with van der Waals surface area (Å²) in [6.45, 7) is 4.27. The van der Waals surface area contributed by atoms with Gasteiger partial charge in [-0.3, -0.25) is 9.25 Å². The molecule has 6 heteroatoms. The molecule has 0 radical (unpaired) electrons. The number of nitrogens with one attached hydrogen (secondary N) is 1. The van der Waals surface area contributed by atoms with Gasteiger partial charge in [-0.25, -0.2) is 0 Å². The normalized spacial score (nSPS) is 23.5. The zero-order chi connectivity index (χ0) is 13.6. The maximum atomic E-state index is 5.56. The first kappa shape index (κ1) is 13.2. The third kappa shape index (κ3) is 2.05. The van der Waals surface area contributed by atoms with Gasteiger partial charge in [-0.05, 0) is 37.7 Å². The number of thioether (sulfide) groups is 1. The first-order valence-electron chi connectivity index (χ1n) is 6.89. The van der Waals surface area contributed by atoms with Crippen LogP contribution in [0.15, 0.2) is 0 Å². The Bertz CT molecular complexity index is 651. The largest absolute Gasteiger partial charge is 0.328 e. The third-order valence-electron chi connectivity index (χ3n) is 4.00. The fourth-order valence-corrected chi connectivity index (χ4v) is 4.82. The number of aromatic nitrogens is 4. The van der Waals surface area contributed by atoms with E-state index in [2.05, 4.69) is 33.3 Å². The highest BCUT2D eigenvalue weighted by Crippen LogP contribution is 2.40. The second-order valence-corrected chi connectivity index (χ2v) is 7.10. The quantitative estimate of drug-likeness (QED) is 0.880. The molecule has 19 heavy (non-hydrogen) atoms.